The van der Waals surface area contributed by atoms with Crippen LogP contribution in [0.4, 0.5) is 14.5 Å². The van der Waals surface area contributed by atoms with E-state index >= 15 is 0 Å². The molecule has 0 spiro atoms. The molecule has 1 aromatic carbocycles. The van der Waals surface area contributed by atoms with E-state index in [2.05, 4.69) is 21.6 Å². The number of hydrogen-bond acceptors (Lipinski definition) is 4. The lowest BCUT2D eigenvalue weighted by atomic mass is 9.90. The van der Waals surface area contributed by atoms with E-state index in [1.807, 2.05) is 0 Å². The fraction of sp³-hybridized carbons (Fsp3) is 0.526. The summed E-state index contributed by atoms with van der Waals surface area (Å²) in [4.78, 5) is 6.89. The first-order valence-corrected chi connectivity index (χ1v) is 8.76. The van der Waals surface area contributed by atoms with Crippen molar-refractivity contribution in [1.82, 2.24) is 4.90 Å². The van der Waals surface area contributed by atoms with Crippen LogP contribution in [-0.4, -0.2) is 36.9 Å². The zero-order valence-corrected chi connectivity index (χ0v) is 14.9. The van der Waals surface area contributed by atoms with Gasteiger partial charge in [-0.25, -0.2) is 0 Å². The van der Waals surface area contributed by atoms with Gasteiger partial charge in [-0.2, -0.15) is 8.78 Å². The van der Waals surface area contributed by atoms with Crippen molar-refractivity contribution in [1.29, 1.82) is 0 Å². The summed E-state index contributed by atoms with van der Waals surface area (Å²) in [7, 11) is 0. The van der Waals surface area contributed by atoms with E-state index in [0.717, 1.165) is 38.0 Å². The molecule has 0 unspecified atom stereocenters. The van der Waals surface area contributed by atoms with Crippen LogP contribution in [0.2, 0.25) is 0 Å². The number of aliphatic imine (C=N–C) groups is 1. The van der Waals surface area contributed by atoms with Crippen LogP contribution in [0.15, 0.2) is 41.0 Å². The molecule has 1 aliphatic rings. The highest BCUT2D eigenvalue weighted by atomic mass is 19.3. The minimum absolute atomic E-state index is 0.115. The molecule has 0 radical (unpaired) electrons. The van der Waals surface area contributed by atoms with Crippen molar-refractivity contribution in [2.75, 3.05) is 19.6 Å². The van der Waals surface area contributed by atoms with Gasteiger partial charge in [-0.15, -0.1) is 0 Å². The summed E-state index contributed by atoms with van der Waals surface area (Å²) in [5, 5.41) is 0. The van der Waals surface area contributed by atoms with Crippen LogP contribution in [0.5, 0.6) is 5.75 Å². The van der Waals surface area contributed by atoms with Gasteiger partial charge in [-0.1, -0.05) is 6.92 Å². The highest BCUT2D eigenvalue weighted by Crippen LogP contribution is 2.26. The summed E-state index contributed by atoms with van der Waals surface area (Å²) in [6.45, 7) is 6.22. The van der Waals surface area contributed by atoms with E-state index in [1.54, 1.807) is 24.5 Å². The van der Waals surface area contributed by atoms with Crippen LogP contribution in [0.3, 0.4) is 0 Å². The van der Waals surface area contributed by atoms with Crippen molar-refractivity contribution in [2.45, 2.75) is 39.2 Å². The zero-order valence-electron chi connectivity index (χ0n) is 14.9. The lowest BCUT2D eigenvalue weighted by Gasteiger charge is -2.32. The number of halogens is 2. The van der Waals surface area contributed by atoms with Gasteiger partial charge in [0.2, 0.25) is 0 Å². The smallest absolute Gasteiger partial charge is 0.394 e. The minimum Gasteiger partial charge on any atom is -0.433 e. The van der Waals surface area contributed by atoms with E-state index in [1.165, 1.54) is 18.6 Å². The van der Waals surface area contributed by atoms with E-state index in [-0.39, 0.29) is 5.75 Å². The van der Waals surface area contributed by atoms with Gasteiger partial charge in [-0.3, -0.25) is 4.99 Å². The summed E-state index contributed by atoms with van der Waals surface area (Å²) in [5.74, 6) is 0.535. The van der Waals surface area contributed by atoms with Crippen molar-refractivity contribution >= 4 is 11.9 Å². The molecule has 0 aliphatic carbocycles. The summed E-state index contributed by atoms with van der Waals surface area (Å²) in [5.41, 5.74) is 7.48. The number of benzene rings is 1. The lowest BCUT2D eigenvalue weighted by molar-refractivity contribution is -0.158. The largest absolute Gasteiger partial charge is 0.433 e. The lowest BCUT2D eigenvalue weighted by Crippen LogP contribution is -2.35. The average molecular weight is 351 g/mol. The molecular formula is C19H27F2N3O. The summed E-state index contributed by atoms with van der Waals surface area (Å²) in [6, 6.07) is 6.27. The molecule has 4 nitrogen and oxygen atoms in total. The van der Waals surface area contributed by atoms with Gasteiger partial charge in [0, 0.05) is 13.1 Å². The van der Waals surface area contributed by atoms with Crippen LogP contribution in [0.25, 0.3) is 0 Å². The first-order valence-electron chi connectivity index (χ1n) is 8.76. The second-order valence-corrected chi connectivity index (χ2v) is 6.44. The molecule has 0 aromatic heterocycles. The van der Waals surface area contributed by atoms with Crippen molar-refractivity contribution < 1.29 is 13.5 Å². The van der Waals surface area contributed by atoms with Gasteiger partial charge in [-0.05, 0) is 80.9 Å². The molecule has 1 heterocycles. The van der Waals surface area contributed by atoms with Crippen molar-refractivity contribution in [2.24, 2.45) is 16.6 Å². The van der Waals surface area contributed by atoms with Crippen LogP contribution in [0, 0.1) is 5.92 Å². The SMILES string of the molecule is CCCN1CCC(/C(C=Nc2ccc(OC(C)(F)F)cc2)=C/N)CC1. The first kappa shape index (κ1) is 19.4. The molecule has 1 aromatic rings. The molecule has 1 fully saturated rings. The third kappa shape index (κ3) is 6.46. The molecule has 0 atom stereocenters. The number of nitrogens with zero attached hydrogens (tertiary/aromatic N) is 2. The van der Waals surface area contributed by atoms with Gasteiger partial charge in [0.05, 0.1) is 5.69 Å². The maximum Gasteiger partial charge on any atom is 0.394 e. The van der Waals surface area contributed by atoms with Gasteiger partial charge in [0.25, 0.3) is 0 Å². The highest BCUT2D eigenvalue weighted by molar-refractivity contribution is 5.81. The zero-order chi connectivity index (χ0) is 18.3. The Labute approximate surface area is 148 Å². The second kappa shape index (κ2) is 8.94. The maximum absolute atomic E-state index is 12.8. The average Bonchev–Trinajstić information content (AvgIpc) is 2.57. The molecule has 0 amide bonds. The van der Waals surface area contributed by atoms with Gasteiger partial charge in [0.1, 0.15) is 5.75 Å². The third-order valence-electron chi connectivity index (χ3n) is 4.29. The Hall–Kier alpha value is -1.95. The molecule has 0 bridgehead atoms. The Morgan fingerprint density at radius 3 is 2.48 bits per heavy atom. The summed E-state index contributed by atoms with van der Waals surface area (Å²) >= 11 is 0. The Kier molecular flexibility index (Phi) is 6.93. The third-order valence-corrected chi connectivity index (χ3v) is 4.29. The number of allylic oxidation sites excluding steroid dienone is 1. The quantitative estimate of drug-likeness (QED) is 0.743. The molecule has 6 heteroatoms. The van der Waals surface area contributed by atoms with Crippen LogP contribution in [0.1, 0.15) is 33.1 Å². The molecule has 1 aliphatic heterocycles. The molecule has 2 N–H and O–H groups in total. The first-order chi connectivity index (χ1) is 11.9. The minimum atomic E-state index is -3.19. The Bertz CT molecular complexity index is 586. The normalized spacial score (nSPS) is 18.0. The fourth-order valence-corrected chi connectivity index (χ4v) is 3.05. The van der Waals surface area contributed by atoms with Crippen molar-refractivity contribution in [3.8, 4) is 5.75 Å². The fourth-order valence-electron chi connectivity index (χ4n) is 3.05. The Balaban J connectivity index is 1.93. The number of rotatable bonds is 7. The van der Waals surface area contributed by atoms with E-state index in [9.17, 15) is 8.78 Å². The second-order valence-electron chi connectivity index (χ2n) is 6.44. The number of alkyl halides is 2. The molecule has 25 heavy (non-hydrogen) atoms. The maximum atomic E-state index is 12.8. The Morgan fingerprint density at radius 2 is 1.96 bits per heavy atom. The van der Waals surface area contributed by atoms with E-state index in [4.69, 9.17) is 5.73 Å². The van der Waals surface area contributed by atoms with E-state index < -0.39 is 6.11 Å². The standard InChI is InChI=1S/C19H27F2N3O/c1-3-10-24-11-8-15(9-12-24)16(13-22)14-23-17-4-6-18(7-5-17)25-19(2,20)21/h4-7,13-15H,3,8-12,22H2,1-2H3/b16-13+,23-14?. The van der Waals surface area contributed by atoms with Gasteiger partial charge in [0.15, 0.2) is 0 Å². The van der Waals surface area contributed by atoms with Crippen LogP contribution in [-0.2, 0) is 0 Å². The molecular weight excluding hydrogens is 324 g/mol. The number of nitrogens with two attached hydrogens (primary N) is 1. The predicted molar refractivity (Wildman–Crippen MR) is 97.6 cm³/mol. The number of likely N-dealkylation sites (tertiary alicyclic amines) is 1. The molecule has 2 rings (SSSR count). The van der Waals surface area contributed by atoms with Crippen LogP contribution >= 0.6 is 0 Å². The number of hydrogen-bond donors (Lipinski definition) is 1. The highest BCUT2D eigenvalue weighted by Gasteiger charge is 2.23. The predicted octanol–water partition coefficient (Wildman–Crippen LogP) is 4.35. The Morgan fingerprint density at radius 1 is 1.32 bits per heavy atom. The number of ether oxygens (including phenoxy) is 1. The molecule has 138 valence electrons. The van der Waals surface area contributed by atoms with Crippen LogP contribution < -0.4 is 10.5 Å². The van der Waals surface area contributed by atoms with Crippen molar-refractivity contribution in [3.63, 3.8) is 0 Å². The molecule has 1 saturated heterocycles. The van der Waals surface area contributed by atoms with E-state index in [0.29, 0.717) is 18.5 Å². The molecule has 0 saturated carbocycles. The summed E-state index contributed by atoms with van der Waals surface area (Å²) < 4.78 is 30.1. The summed E-state index contributed by atoms with van der Waals surface area (Å²) in [6.07, 6.45) is 3.55. The van der Waals surface area contributed by atoms with Gasteiger partial charge >= 0.3 is 6.11 Å². The van der Waals surface area contributed by atoms with Crippen molar-refractivity contribution in [3.05, 3.63) is 36.0 Å². The topological polar surface area (TPSA) is 50.8 Å². The number of piperidine rings is 1. The van der Waals surface area contributed by atoms with Gasteiger partial charge < -0.3 is 15.4 Å². The monoisotopic (exact) mass is 351 g/mol.